The molecule has 0 saturated carbocycles. The zero-order chi connectivity index (χ0) is 0. The molecule has 0 amide bonds. The molecule has 0 aliphatic carbocycles. The van der Waals surface area contributed by atoms with Gasteiger partial charge < -0.3 is 9.00 Å². The van der Waals surface area contributed by atoms with Crippen molar-refractivity contribution in [1.29, 1.82) is 0 Å². The van der Waals surface area contributed by atoms with Crippen molar-refractivity contribution < 1.29 is 2.85 Å². The van der Waals surface area contributed by atoms with Gasteiger partial charge in [0, 0.05) is 8.41 Å². The molecule has 0 heterocycles. The van der Waals surface area contributed by atoms with Gasteiger partial charge in [-0.15, -0.1) is 0 Å². The van der Waals surface area contributed by atoms with E-state index in [0.717, 1.165) is 0 Å². The van der Waals surface area contributed by atoms with E-state index in [1.54, 1.807) is 0 Å². The average Bonchev–Trinajstić information content (AvgIpc) is 0. The first-order chi connectivity index (χ1) is 0. The molecule has 0 fully saturated rings. The van der Waals surface area contributed by atoms with E-state index < -0.39 is 0 Å². The van der Waals surface area contributed by atoms with Crippen LogP contribution in [0.5, 0.6) is 0 Å². The molecule has 0 saturated heterocycles. The van der Waals surface area contributed by atoms with Gasteiger partial charge in [-0.25, -0.2) is 0 Å². The number of hydrogen-bond acceptors (Lipinski definition) is 1. The molecule has 0 aromatic rings. The monoisotopic (exact) mass is 86.0 g/mol. The van der Waals surface area contributed by atoms with Crippen molar-refractivity contribution in [2.45, 2.75) is 0 Å². The molecule has 0 bridgehead atoms. The van der Waals surface area contributed by atoms with E-state index in [1.807, 2.05) is 0 Å². The Morgan fingerprint density at radius 3 is 1.25 bits per heavy atom. The predicted molar refractivity (Wildman–Crippen MR) is 30.1 cm³/mol. The fourth-order valence-electron chi connectivity index (χ4n) is 0. The van der Waals surface area contributed by atoms with Crippen LogP contribution in [0.15, 0.2) is 0 Å². The van der Waals surface area contributed by atoms with Gasteiger partial charge >= 0.3 is 23.1 Å². The Morgan fingerprint density at radius 1 is 1.25 bits per heavy atom. The van der Waals surface area contributed by atoms with Gasteiger partial charge in [0.2, 0.25) is 0 Å². The topological polar surface area (TPSA) is 35.0 Å². The fourth-order valence-corrected chi connectivity index (χ4v) is 0. The fraction of sp³-hybridized carbons (Fsp3) is 0. The zero-order valence-corrected chi connectivity index (χ0v) is 3.41. The van der Waals surface area contributed by atoms with E-state index in [2.05, 4.69) is 0 Å². The van der Waals surface area contributed by atoms with Crippen LogP contribution in [0.3, 0.4) is 0 Å². The summed E-state index contributed by atoms with van der Waals surface area (Å²) in [4.78, 5) is 0. The number of rotatable bonds is 0. The van der Waals surface area contributed by atoms with Crippen LogP contribution in [-0.2, 0) is 0 Å². The summed E-state index contributed by atoms with van der Waals surface area (Å²) in [7, 11) is 0. The van der Waals surface area contributed by atoms with Gasteiger partial charge in [-0.05, 0) is 11.0 Å². The van der Waals surface area contributed by atoms with E-state index in [1.165, 1.54) is 0 Å². The molecule has 4 heavy (non-hydrogen) atoms. The van der Waals surface area contributed by atoms with Crippen molar-refractivity contribution in [2.75, 3.05) is 0 Å². The quantitative estimate of drug-likeness (QED) is 0.346. The molecule has 0 atom stereocenters. The van der Waals surface area contributed by atoms with Crippen molar-refractivity contribution >= 4 is 42.4 Å². The standard InChI is InChI=1S/B.Mg.H3N.H4Si.2H/h;;1H3;1H4;;/q;+2;;;2*-1. The minimum absolute atomic E-state index is 0. The normalized spacial score (nSPS) is 0. The van der Waals surface area contributed by atoms with Crippen LogP contribution in [0.4, 0.5) is 0 Å². The summed E-state index contributed by atoms with van der Waals surface area (Å²) in [6, 6.07) is 0. The van der Waals surface area contributed by atoms with Crippen LogP contribution >= 0.6 is 0 Å². The second kappa shape index (κ2) is 35.7. The van der Waals surface area contributed by atoms with Crippen molar-refractivity contribution in [3.8, 4) is 0 Å². The largest absolute Gasteiger partial charge is 2.00 e. The Bertz CT molecular complexity index is 13.5. The molecule has 0 spiro atoms. The van der Waals surface area contributed by atoms with Crippen molar-refractivity contribution in [2.24, 2.45) is 0 Å². The molecule has 0 unspecified atom stereocenters. The maximum Gasteiger partial charge on any atom is 2.00 e. The van der Waals surface area contributed by atoms with E-state index in [9.17, 15) is 0 Å². The molecular weight excluding hydrogens is 77.2 g/mol. The summed E-state index contributed by atoms with van der Waals surface area (Å²) in [5.41, 5.74) is 0. The van der Waals surface area contributed by atoms with Gasteiger partial charge in [0.1, 0.15) is 0 Å². The van der Waals surface area contributed by atoms with Crippen molar-refractivity contribution in [3.63, 3.8) is 0 Å². The SMILES string of the molecule is N.[B].[H-].[H-].[Mg+2].[SiH4]. The summed E-state index contributed by atoms with van der Waals surface area (Å²) in [6.07, 6.45) is 0. The molecule has 3 radical (unpaired) electrons. The molecule has 1 nitrogen and oxygen atoms in total. The van der Waals surface area contributed by atoms with Gasteiger partial charge in [0.15, 0.2) is 0 Å². The smallest absolute Gasteiger partial charge is 1.00 e. The van der Waals surface area contributed by atoms with Crippen LogP contribution in [-0.4, -0.2) is 42.4 Å². The Labute approximate surface area is 51.8 Å². The molecule has 0 aromatic carbocycles. The van der Waals surface area contributed by atoms with Crippen LogP contribution in [0, 0.1) is 0 Å². The second-order valence-corrected chi connectivity index (χ2v) is 0. The molecule has 23 valence electrons. The Hall–Kier alpha value is 1.01. The summed E-state index contributed by atoms with van der Waals surface area (Å²) in [5, 5.41) is 0. The Balaban J connectivity index is 0. The average molecular weight is 86.3 g/mol. The van der Waals surface area contributed by atoms with E-state index in [4.69, 9.17) is 0 Å². The first-order valence-electron chi connectivity index (χ1n) is 0. The Morgan fingerprint density at radius 2 is 1.25 bits per heavy atom. The van der Waals surface area contributed by atoms with E-state index >= 15 is 0 Å². The Kier molecular flexibility index (Phi) is 706. The summed E-state index contributed by atoms with van der Waals surface area (Å²) in [5.74, 6) is 0. The van der Waals surface area contributed by atoms with Gasteiger partial charge in [-0.2, -0.15) is 0 Å². The molecular formula is H9BMgNSi. The first-order valence-corrected chi connectivity index (χ1v) is 0. The maximum absolute atomic E-state index is 0. The van der Waals surface area contributed by atoms with Crippen molar-refractivity contribution in [1.82, 2.24) is 6.15 Å². The third kappa shape index (κ3) is 11.9. The molecule has 0 aromatic heterocycles. The summed E-state index contributed by atoms with van der Waals surface area (Å²) < 4.78 is 0. The van der Waals surface area contributed by atoms with Crippen LogP contribution in [0.1, 0.15) is 2.85 Å². The summed E-state index contributed by atoms with van der Waals surface area (Å²) in [6.45, 7) is 0. The first kappa shape index (κ1) is 79.2. The third-order valence-electron chi connectivity index (χ3n) is 0. The van der Waals surface area contributed by atoms with Gasteiger partial charge in [-0.3, -0.25) is 0 Å². The van der Waals surface area contributed by atoms with Gasteiger partial charge in [0.05, 0.1) is 0 Å². The minimum atomic E-state index is 0. The van der Waals surface area contributed by atoms with Crippen molar-refractivity contribution in [3.05, 3.63) is 0 Å². The van der Waals surface area contributed by atoms with Crippen LogP contribution in [0.2, 0.25) is 0 Å². The third-order valence-corrected chi connectivity index (χ3v) is 0. The van der Waals surface area contributed by atoms with E-state index in [0.29, 0.717) is 0 Å². The molecule has 0 rings (SSSR count). The van der Waals surface area contributed by atoms with Crippen LogP contribution < -0.4 is 6.15 Å². The predicted octanol–water partition coefficient (Wildman–Crippen LogP) is -1.83. The van der Waals surface area contributed by atoms with Crippen LogP contribution in [0.25, 0.3) is 0 Å². The van der Waals surface area contributed by atoms with Gasteiger partial charge in [0.25, 0.3) is 0 Å². The van der Waals surface area contributed by atoms with E-state index in [-0.39, 0.29) is 51.4 Å². The summed E-state index contributed by atoms with van der Waals surface area (Å²) >= 11 is 0. The zero-order valence-electron chi connectivity index (χ0n) is 3.99. The molecule has 4 heteroatoms. The molecule has 3 N–H and O–H groups in total. The molecule has 0 aliphatic rings. The number of hydrogen-bond donors (Lipinski definition) is 1. The minimum Gasteiger partial charge on any atom is -1.00 e. The maximum atomic E-state index is 0. The molecule has 0 aliphatic heterocycles. The second-order valence-electron chi connectivity index (χ2n) is 0. The van der Waals surface area contributed by atoms with Gasteiger partial charge in [-0.1, -0.05) is 0 Å².